The Morgan fingerprint density at radius 1 is 1.17 bits per heavy atom. The van der Waals surface area contributed by atoms with Gasteiger partial charge in [0.05, 0.1) is 23.9 Å². The van der Waals surface area contributed by atoms with Gasteiger partial charge in [-0.1, -0.05) is 12.1 Å². The topological polar surface area (TPSA) is 60.5 Å². The molecule has 6 heteroatoms. The lowest BCUT2D eigenvalue weighted by atomic mass is 10.3. The van der Waals surface area contributed by atoms with Gasteiger partial charge in [-0.25, -0.2) is 4.98 Å². The maximum Gasteiger partial charge on any atom is 0.250 e. The van der Waals surface area contributed by atoms with E-state index in [0.29, 0.717) is 12.3 Å². The summed E-state index contributed by atoms with van der Waals surface area (Å²) in [5.41, 5.74) is 1.66. The van der Waals surface area contributed by atoms with Crippen LogP contribution < -0.4 is 10.1 Å². The Morgan fingerprint density at radius 2 is 1.96 bits per heavy atom. The number of benzene rings is 2. The Balaban J connectivity index is 1.48. The molecule has 0 spiro atoms. The van der Waals surface area contributed by atoms with Gasteiger partial charge < -0.3 is 14.8 Å². The fourth-order valence-corrected chi connectivity index (χ4v) is 2.99. The van der Waals surface area contributed by atoms with E-state index in [1.54, 1.807) is 42.7 Å². The number of nitrogens with one attached hydrogen (secondary N) is 1. The molecule has 118 valence electrons. The maximum absolute atomic E-state index is 11.8. The van der Waals surface area contributed by atoms with Crippen molar-refractivity contribution in [3.05, 3.63) is 53.5 Å². The van der Waals surface area contributed by atoms with E-state index in [2.05, 4.69) is 10.3 Å². The zero-order valence-electron chi connectivity index (χ0n) is 12.6. The summed E-state index contributed by atoms with van der Waals surface area (Å²) in [7, 11) is 1.60. The molecular weight excluding hydrogens is 312 g/mol. The maximum atomic E-state index is 11.8. The van der Waals surface area contributed by atoms with Crippen LogP contribution in [0.4, 0.5) is 5.69 Å². The van der Waals surface area contributed by atoms with Crippen LogP contribution in [0.25, 0.3) is 10.2 Å². The van der Waals surface area contributed by atoms with Crippen molar-refractivity contribution in [2.75, 3.05) is 19.0 Å². The number of fused-ring (bicyclic) bond motifs is 1. The highest BCUT2D eigenvalue weighted by Crippen LogP contribution is 2.22. The Kier molecular flexibility index (Phi) is 4.85. The van der Waals surface area contributed by atoms with Crippen LogP contribution in [0.5, 0.6) is 5.75 Å². The lowest BCUT2D eigenvalue weighted by Crippen LogP contribution is -2.18. The van der Waals surface area contributed by atoms with E-state index in [1.165, 1.54) is 0 Å². The van der Waals surface area contributed by atoms with E-state index in [-0.39, 0.29) is 12.5 Å². The van der Waals surface area contributed by atoms with Crippen LogP contribution in [0.2, 0.25) is 0 Å². The number of hydrogen-bond donors (Lipinski definition) is 1. The monoisotopic (exact) mass is 328 g/mol. The van der Waals surface area contributed by atoms with E-state index < -0.39 is 0 Å². The third-order valence-corrected chi connectivity index (χ3v) is 4.18. The number of anilines is 1. The number of para-hydroxylation sites is 1. The molecule has 0 saturated carbocycles. The fourth-order valence-electron chi connectivity index (χ4n) is 2.08. The number of hydrogen-bond acceptors (Lipinski definition) is 5. The summed E-state index contributed by atoms with van der Waals surface area (Å²) in [6.45, 7) is 0.317. The van der Waals surface area contributed by atoms with Crippen LogP contribution in [0.3, 0.4) is 0 Å². The zero-order valence-corrected chi connectivity index (χ0v) is 13.4. The lowest BCUT2D eigenvalue weighted by Gasteiger charge is -2.06. The first-order valence-corrected chi connectivity index (χ1v) is 7.92. The molecule has 0 aliphatic heterocycles. The van der Waals surface area contributed by atoms with Gasteiger partial charge in [-0.05, 0) is 36.4 Å². The second kappa shape index (κ2) is 7.21. The third kappa shape index (κ3) is 4.06. The molecule has 0 bridgehead atoms. The van der Waals surface area contributed by atoms with E-state index in [4.69, 9.17) is 9.47 Å². The highest BCUT2D eigenvalue weighted by Gasteiger charge is 2.06. The molecular formula is C17H16N2O3S. The highest BCUT2D eigenvalue weighted by molar-refractivity contribution is 7.18. The van der Waals surface area contributed by atoms with Gasteiger partial charge >= 0.3 is 0 Å². The Labute approximate surface area is 137 Å². The van der Waals surface area contributed by atoms with Crippen molar-refractivity contribution < 1.29 is 14.3 Å². The van der Waals surface area contributed by atoms with Gasteiger partial charge in [-0.2, -0.15) is 0 Å². The number of thiazole rings is 1. The van der Waals surface area contributed by atoms with Gasteiger partial charge in [-0.15, -0.1) is 11.3 Å². The quantitative estimate of drug-likeness (QED) is 0.753. The number of nitrogens with zero attached hydrogens (tertiary/aromatic N) is 1. The van der Waals surface area contributed by atoms with Crippen molar-refractivity contribution in [3.8, 4) is 5.75 Å². The largest absolute Gasteiger partial charge is 0.497 e. The molecule has 0 fully saturated rings. The average molecular weight is 328 g/mol. The number of carbonyl (C=O) groups excluding carboxylic acids is 1. The average Bonchev–Trinajstić information content (AvgIpc) is 2.98. The molecule has 0 unspecified atom stereocenters. The van der Waals surface area contributed by atoms with Gasteiger partial charge in [0.1, 0.15) is 17.4 Å². The molecule has 1 N–H and O–H groups in total. The smallest absolute Gasteiger partial charge is 0.250 e. The van der Waals surface area contributed by atoms with Crippen LogP contribution in [-0.4, -0.2) is 24.6 Å². The van der Waals surface area contributed by atoms with E-state index in [9.17, 15) is 4.79 Å². The van der Waals surface area contributed by atoms with Crippen LogP contribution in [0.15, 0.2) is 48.5 Å². The molecule has 3 rings (SSSR count). The summed E-state index contributed by atoms with van der Waals surface area (Å²) in [5.74, 6) is 0.548. The number of rotatable bonds is 6. The van der Waals surface area contributed by atoms with Crippen LogP contribution in [-0.2, 0) is 16.1 Å². The first-order chi connectivity index (χ1) is 11.2. The van der Waals surface area contributed by atoms with Crippen molar-refractivity contribution >= 4 is 33.1 Å². The molecule has 0 aliphatic carbocycles. The predicted molar refractivity (Wildman–Crippen MR) is 90.9 cm³/mol. The zero-order chi connectivity index (χ0) is 16.1. The predicted octanol–water partition coefficient (Wildman–Crippen LogP) is 3.46. The van der Waals surface area contributed by atoms with Crippen LogP contribution in [0.1, 0.15) is 5.01 Å². The Bertz CT molecular complexity index is 766. The second-order valence-corrected chi connectivity index (χ2v) is 5.96. The highest BCUT2D eigenvalue weighted by atomic mass is 32.1. The molecule has 0 aliphatic rings. The summed E-state index contributed by atoms with van der Waals surface area (Å²) in [6.07, 6.45) is 0. The normalized spacial score (nSPS) is 10.7. The number of methoxy groups -OCH3 is 1. The Morgan fingerprint density at radius 3 is 2.70 bits per heavy atom. The van der Waals surface area contributed by atoms with Gasteiger partial charge in [-0.3, -0.25) is 4.79 Å². The second-order valence-electron chi connectivity index (χ2n) is 4.84. The molecule has 2 aromatic carbocycles. The van der Waals surface area contributed by atoms with Crippen LogP contribution in [0, 0.1) is 0 Å². The first kappa shape index (κ1) is 15.5. The van der Waals surface area contributed by atoms with E-state index >= 15 is 0 Å². The van der Waals surface area contributed by atoms with Gasteiger partial charge in [0.25, 0.3) is 0 Å². The summed E-state index contributed by atoms with van der Waals surface area (Å²) in [5, 5.41) is 3.63. The van der Waals surface area contributed by atoms with E-state index in [0.717, 1.165) is 21.0 Å². The fraction of sp³-hybridized carbons (Fsp3) is 0.176. The Hall–Kier alpha value is -2.44. The SMILES string of the molecule is COc1ccc(NC(=O)COCc2nc3ccccc3s2)cc1. The van der Waals surface area contributed by atoms with Crippen molar-refractivity contribution in [3.63, 3.8) is 0 Å². The summed E-state index contributed by atoms with van der Waals surface area (Å²) in [6, 6.07) is 15.1. The summed E-state index contributed by atoms with van der Waals surface area (Å²) < 4.78 is 11.6. The van der Waals surface area contributed by atoms with Gasteiger partial charge in [0.2, 0.25) is 5.91 Å². The molecule has 5 nitrogen and oxygen atoms in total. The van der Waals surface area contributed by atoms with Gasteiger partial charge in [0.15, 0.2) is 0 Å². The lowest BCUT2D eigenvalue weighted by molar-refractivity contribution is -0.121. The molecule has 1 aromatic heterocycles. The molecule has 0 atom stereocenters. The first-order valence-electron chi connectivity index (χ1n) is 7.11. The van der Waals surface area contributed by atoms with E-state index in [1.807, 2.05) is 24.3 Å². The van der Waals surface area contributed by atoms with Crippen molar-refractivity contribution in [2.45, 2.75) is 6.61 Å². The molecule has 1 amide bonds. The van der Waals surface area contributed by atoms with Crippen molar-refractivity contribution in [1.82, 2.24) is 4.98 Å². The van der Waals surface area contributed by atoms with Crippen LogP contribution >= 0.6 is 11.3 Å². The number of amides is 1. The number of ether oxygens (including phenoxy) is 2. The molecule has 0 saturated heterocycles. The van der Waals surface area contributed by atoms with Crippen molar-refractivity contribution in [1.29, 1.82) is 0 Å². The standard InChI is InChI=1S/C17H16N2O3S/c1-21-13-8-6-12(7-9-13)18-16(20)10-22-11-17-19-14-4-2-3-5-15(14)23-17/h2-9H,10-11H2,1H3,(H,18,20). The number of carbonyl (C=O) groups is 1. The minimum absolute atomic E-state index is 0.0119. The molecule has 1 heterocycles. The minimum atomic E-state index is -0.198. The van der Waals surface area contributed by atoms with Crippen molar-refractivity contribution in [2.24, 2.45) is 0 Å². The summed E-state index contributed by atoms with van der Waals surface area (Å²) >= 11 is 1.58. The molecule has 23 heavy (non-hydrogen) atoms. The summed E-state index contributed by atoms with van der Waals surface area (Å²) in [4.78, 5) is 16.3. The molecule has 0 radical (unpaired) electrons. The minimum Gasteiger partial charge on any atom is -0.497 e. The van der Waals surface area contributed by atoms with Gasteiger partial charge in [0, 0.05) is 5.69 Å². The third-order valence-electron chi connectivity index (χ3n) is 3.17. The molecule has 3 aromatic rings. The number of aromatic nitrogens is 1.